The second-order valence-corrected chi connectivity index (χ2v) is 14.4. The summed E-state index contributed by atoms with van der Waals surface area (Å²) in [4.78, 5) is 25.7. The molecule has 0 aliphatic carbocycles. The van der Waals surface area contributed by atoms with Gasteiger partial charge in [0.1, 0.15) is 24.7 Å². The molecule has 0 aromatic heterocycles. The maximum atomic E-state index is 12.9. The highest BCUT2D eigenvalue weighted by Crippen LogP contribution is 2.21. The smallest absolute Gasteiger partial charge is 0.251 e. The van der Waals surface area contributed by atoms with Crippen LogP contribution in [0, 0.1) is 47.4 Å². The van der Waals surface area contributed by atoms with E-state index in [9.17, 15) is 19.8 Å². The van der Waals surface area contributed by atoms with Crippen LogP contribution in [-0.4, -0.2) is 61.5 Å². The van der Waals surface area contributed by atoms with Gasteiger partial charge in [0, 0.05) is 24.2 Å². The molecule has 0 aliphatic heterocycles. The van der Waals surface area contributed by atoms with Crippen molar-refractivity contribution in [1.82, 2.24) is 10.6 Å². The highest BCUT2D eigenvalue weighted by Gasteiger charge is 2.11. The number of hydrogen-bond acceptors (Lipinski definition) is 6. The third-order valence-corrected chi connectivity index (χ3v) is 9.52. The van der Waals surface area contributed by atoms with Crippen molar-refractivity contribution < 1.29 is 29.3 Å². The minimum Gasteiger partial charge on any atom is -0.490 e. The minimum atomic E-state index is -0.177. The molecule has 0 unspecified atom stereocenters. The average molecular weight is 793 g/mol. The maximum absolute atomic E-state index is 12.9. The number of ether oxygens (including phenoxy) is 2. The summed E-state index contributed by atoms with van der Waals surface area (Å²) in [5.74, 6) is 22.6. The number of aliphatic hydroxyl groups is 2. The van der Waals surface area contributed by atoms with Gasteiger partial charge in [0.15, 0.2) is 0 Å². The van der Waals surface area contributed by atoms with Crippen LogP contribution in [0.5, 0.6) is 11.5 Å². The molecule has 2 aromatic carbocycles. The Kier molecular flexibility index (Phi) is 29.1. The van der Waals surface area contributed by atoms with E-state index in [1.807, 2.05) is 0 Å². The maximum Gasteiger partial charge on any atom is 0.251 e. The first-order valence-corrected chi connectivity index (χ1v) is 21.9. The van der Waals surface area contributed by atoms with Crippen molar-refractivity contribution in [3.8, 4) is 58.9 Å². The largest absolute Gasteiger partial charge is 0.490 e. The molecule has 58 heavy (non-hydrogen) atoms. The number of unbranched alkanes of at least 4 members (excludes halogenated alkanes) is 18. The molecule has 2 rings (SSSR count). The zero-order valence-electron chi connectivity index (χ0n) is 35.4. The van der Waals surface area contributed by atoms with E-state index >= 15 is 0 Å². The molecule has 0 spiro atoms. The van der Waals surface area contributed by atoms with E-state index in [0.29, 0.717) is 46.8 Å². The van der Waals surface area contributed by atoms with Crippen molar-refractivity contribution >= 4 is 11.8 Å². The summed E-state index contributed by atoms with van der Waals surface area (Å²) in [6.07, 6.45) is 24.7. The molecule has 2 aromatic rings. The van der Waals surface area contributed by atoms with Gasteiger partial charge in [0.05, 0.1) is 24.3 Å². The Morgan fingerprint density at radius 2 is 0.810 bits per heavy atom. The molecule has 0 aliphatic rings. The Bertz CT molecular complexity index is 1600. The zero-order chi connectivity index (χ0) is 41.7. The number of nitrogens with one attached hydrogen (secondary N) is 2. The third-order valence-electron chi connectivity index (χ3n) is 9.52. The first-order valence-electron chi connectivity index (χ1n) is 21.9. The van der Waals surface area contributed by atoms with Crippen molar-refractivity contribution in [3.05, 3.63) is 58.7 Å². The third kappa shape index (κ3) is 23.4. The lowest BCUT2D eigenvalue weighted by Gasteiger charge is -2.10. The van der Waals surface area contributed by atoms with Gasteiger partial charge >= 0.3 is 0 Å². The monoisotopic (exact) mass is 793 g/mol. The Balaban J connectivity index is 1.94. The fraction of sp³-hybridized carbons (Fsp3) is 0.560. The van der Waals surface area contributed by atoms with Crippen molar-refractivity contribution in [1.29, 1.82) is 0 Å². The molecule has 4 N–H and O–H groups in total. The highest BCUT2D eigenvalue weighted by molar-refractivity contribution is 5.95. The molecular weight excluding hydrogens is 725 g/mol. The number of carbonyl (C=O) groups excluding carboxylic acids is 2. The molecule has 0 heterocycles. The Labute approximate surface area is 350 Å². The van der Waals surface area contributed by atoms with Crippen LogP contribution in [0.3, 0.4) is 0 Å². The first kappa shape index (κ1) is 49.3. The van der Waals surface area contributed by atoms with Crippen molar-refractivity contribution in [3.63, 3.8) is 0 Å². The second-order valence-electron chi connectivity index (χ2n) is 14.4. The van der Waals surface area contributed by atoms with E-state index in [0.717, 1.165) is 25.7 Å². The number of rotatable bonds is 30. The molecule has 0 saturated carbocycles. The Morgan fingerprint density at radius 3 is 1.16 bits per heavy atom. The van der Waals surface area contributed by atoms with Gasteiger partial charge < -0.3 is 30.3 Å². The predicted molar refractivity (Wildman–Crippen MR) is 236 cm³/mol. The van der Waals surface area contributed by atoms with Crippen LogP contribution in [-0.2, 0) is 0 Å². The molecule has 0 bridgehead atoms. The lowest BCUT2D eigenvalue weighted by Crippen LogP contribution is -2.24. The topological polar surface area (TPSA) is 117 Å². The second kappa shape index (κ2) is 34.2. The van der Waals surface area contributed by atoms with Gasteiger partial charge in [-0.2, -0.15) is 0 Å². The lowest BCUT2D eigenvalue weighted by atomic mass is 10.1. The Morgan fingerprint density at radius 1 is 0.483 bits per heavy atom. The number of benzene rings is 2. The molecular formula is C50H68N2O6. The first-order chi connectivity index (χ1) is 28.5. The number of carbonyl (C=O) groups is 2. The predicted octanol–water partition coefficient (Wildman–Crippen LogP) is 9.14. The van der Waals surface area contributed by atoms with Gasteiger partial charge in [-0.25, -0.2) is 0 Å². The van der Waals surface area contributed by atoms with E-state index in [4.69, 9.17) is 9.47 Å². The SMILES string of the molecule is CCCCCCCCCCCCNC(=O)c1ccc(OCCO)c(C#CC#CC#CC#Cc2cc(C(=O)NCCCCCCCCCCCC)ccc2OCCO)c1. The average Bonchev–Trinajstić information content (AvgIpc) is 3.24. The van der Waals surface area contributed by atoms with E-state index in [1.54, 1.807) is 36.4 Å². The lowest BCUT2D eigenvalue weighted by molar-refractivity contribution is 0.0944. The standard InChI is InChI=1S/C50H68N2O6/c1-3-5-7-9-11-13-15-19-23-27-35-51-49(55)45-31-33-47(57-39-37-53)43(41-45)29-25-21-17-18-22-26-30-44-42-46(32-34-48(44)58-40-38-54)50(56)52-36-28-24-20-16-14-12-10-8-6-4-2/h31-34,41-42,53-54H,3-16,19-20,23-24,27-28,35-40H2,1-2H3,(H,51,55)(H,52,56). The van der Waals surface area contributed by atoms with E-state index in [1.165, 1.54) is 103 Å². The quantitative estimate of drug-likeness (QED) is 0.0464. The number of aliphatic hydroxyl groups excluding tert-OH is 2. The zero-order valence-corrected chi connectivity index (χ0v) is 35.4. The molecule has 0 atom stereocenters. The van der Waals surface area contributed by atoms with Crippen LogP contribution in [0.2, 0.25) is 0 Å². The van der Waals surface area contributed by atoms with Crippen LogP contribution < -0.4 is 20.1 Å². The summed E-state index contributed by atoms with van der Waals surface area (Å²) in [6, 6.07) is 10.0. The van der Waals surface area contributed by atoms with Gasteiger partial charge in [-0.05, 0) is 96.6 Å². The molecule has 2 amide bonds. The van der Waals surface area contributed by atoms with Crippen LogP contribution >= 0.6 is 0 Å². The number of amides is 2. The normalized spacial score (nSPS) is 10.1. The fourth-order valence-corrected chi connectivity index (χ4v) is 6.26. The molecule has 314 valence electrons. The summed E-state index contributed by atoms with van der Waals surface area (Å²) in [5, 5.41) is 24.5. The van der Waals surface area contributed by atoms with Crippen LogP contribution in [0.25, 0.3) is 0 Å². The molecule has 0 fully saturated rings. The summed E-state index contributed by atoms with van der Waals surface area (Å²) in [6.45, 7) is 5.58. The van der Waals surface area contributed by atoms with Crippen molar-refractivity contribution in [2.24, 2.45) is 0 Å². The van der Waals surface area contributed by atoms with Crippen LogP contribution in [0.15, 0.2) is 36.4 Å². The number of hydrogen-bond donors (Lipinski definition) is 4. The van der Waals surface area contributed by atoms with E-state index in [2.05, 4.69) is 71.8 Å². The van der Waals surface area contributed by atoms with E-state index < -0.39 is 0 Å². The molecule has 8 heteroatoms. The van der Waals surface area contributed by atoms with E-state index in [-0.39, 0.29) is 38.2 Å². The van der Waals surface area contributed by atoms with Crippen molar-refractivity contribution in [2.75, 3.05) is 39.5 Å². The fourth-order valence-electron chi connectivity index (χ4n) is 6.26. The van der Waals surface area contributed by atoms with Crippen molar-refractivity contribution in [2.45, 2.75) is 142 Å². The summed E-state index contributed by atoms with van der Waals surface area (Å²) >= 11 is 0. The van der Waals surface area contributed by atoms with Crippen LogP contribution in [0.1, 0.15) is 174 Å². The highest BCUT2D eigenvalue weighted by atomic mass is 16.5. The van der Waals surface area contributed by atoms with Gasteiger partial charge in [-0.3, -0.25) is 9.59 Å². The molecule has 0 radical (unpaired) electrons. The van der Waals surface area contributed by atoms with Crippen LogP contribution in [0.4, 0.5) is 0 Å². The Hall–Kier alpha value is -4.86. The molecule has 8 nitrogen and oxygen atoms in total. The minimum absolute atomic E-state index is 0.0918. The molecule has 0 saturated heterocycles. The summed E-state index contributed by atoms with van der Waals surface area (Å²) in [7, 11) is 0. The van der Waals surface area contributed by atoms with Gasteiger partial charge in [-0.1, -0.05) is 129 Å². The van der Waals surface area contributed by atoms with Gasteiger partial charge in [-0.15, -0.1) is 0 Å². The van der Waals surface area contributed by atoms with Gasteiger partial charge in [0.25, 0.3) is 11.8 Å². The van der Waals surface area contributed by atoms with Gasteiger partial charge in [0.2, 0.25) is 0 Å². The summed E-state index contributed by atoms with van der Waals surface area (Å²) < 4.78 is 11.3. The summed E-state index contributed by atoms with van der Waals surface area (Å²) in [5.41, 5.74) is 1.89.